The van der Waals surface area contributed by atoms with E-state index in [1.165, 1.54) is 18.2 Å². The predicted octanol–water partition coefficient (Wildman–Crippen LogP) is 6.19. The number of nitrogens with zero attached hydrogens (tertiary/aromatic N) is 3. The number of rotatable bonds is 5. The second-order valence-corrected chi connectivity index (χ2v) is 7.57. The Morgan fingerprint density at radius 3 is 2.33 bits per heavy atom. The van der Waals surface area contributed by atoms with Crippen LogP contribution in [0.1, 0.15) is 5.56 Å². The first kappa shape index (κ1) is 20.8. The molecule has 164 valence electrons. The smallest absolute Gasteiger partial charge is 0.169 e. The van der Waals surface area contributed by atoms with Gasteiger partial charge in [-0.2, -0.15) is 0 Å². The molecule has 0 aromatic heterocycles. The number of pyridine rings is 1. The van der Waals surface area contributed by atoms with Gasteiger partial charge in [0.25, 0.3) is 0 Å². The highest BCUT2D eigenvalue weighted by Crippen LogP contribution is 2.28. The summed E-state index contributed by atoms with van der Waals surface area (Å²) >= 11 is 0. The number of fused-ring (bicyclic) bond motifs is 1. The minimum atomic E-state index is -0.986. The van der Waals surface area contributed by atoms with Crippen LogP contribution in [0, 0.1) is 17.5 Å². The summed E-state index contributed by atoms with van der Waals surface area (Å²) in [4.78, 5) is 8.63. The van der Waals surface area contributed by atoms with E-state index in [1.54, 1.807) is 36.2 Å². The van der Waals surface area contributed by atoms with E-state index in [9.17, 15) is 13.2 Å². The standard InChI is InChI=1S/C26H18F3N3O/c1-33-19-9-7-16(8-10-19)17-5-6-18(22(28)13-17)14-32-12-11-23-24(15-32)31-26(30-23)20-3-2-4-21(27)25(20)29/h2-13,15H,14H2,1H3. The van der Waals surface area contributed by atoms with Gasteiger partial charge in [-0.3, -0.25) is 0 Å². The maximum Gasteiger partial charge on any atom is 0.169 e. The van der Waals surface area contributed by atoms with E-state index < -0.39 is 11.6 Å². The van der Waals surface area contributed by atoms with Crippen LogP contribution in [0.2, 0.25) is 0 Å². The van der Waals surface area contributed by atoms with Crippen molar-refractivity contribution in [1.82, 2.24) is 14.5 Å². The van der Waals surface area contributed by atoms with Crippen molar-refractivity contribution in [2.75, 3.05) is 7.11 Å². The molecule has 0 N–H and O–H groups in total. The van der Waals surface area contributed by atoms with E-state index in [4.69, 9.17) is 4.74 Å². The van der Waals surface area contributed by atoms with Crippen LogP contribution < -0.4 is 4.74 Å². The highest BCUT2D eigenvalue weighted by molar-refractivity contribution is 5.66. The van der Waals surface area contributed by atoms with Gasteiger partial charge in [0, 0.05) is 24.5 Å². The van der Waals surface area contributed by atoms with Gasteiger partial charge in [-0.1, -0.05) is 30.3 Å². The summed E-state index contributed by atoms with van der Waals surface area (Å²) in [6, 6.07) is 18.1. The molecule has 33 heavy (non-hydrogen) atoms. The van der Waals surface area contributed by atoms with Crippen molar-refractivity contribution < 1.29 is 17.9 Å². The van der Waals surface area contributed by atoms with Gasteiger partial charge in [0.2, 0.25) is 0 Å². The monoisotopic (exact) mass is 445 g/mol. The van der Waals surface area contributed by atoms with E-state index in [-0.39, 0.29) is 23.7 Å². The van der Waals surface area contributed by atoms with Crippen molar-refractivity contribution in [2.45, 2.75) is 6.54 Å². The van der Waals surface area contributed by atoms with Crippen molar-refractivity contribution in [1.29, 1.82) is 0 Å². The molecule has 2 heterocycles. The molecular weight excluding hydrogens is 427 g/mol. The van der Waals surface area contributed by atoms with Crippen LogP contribution in [0.5, 0.6) is 5.75 Å². The fourth-order valence-corrected chi connectivity index (χ4v) is 3.68. The van der Waals surface area contributed by atoms with Crippen LogP contribution in [0.4, 0.5) is 13.2 Å². The fraction of sp³-hybridized carbons (Fsp3) is 0.0769. The van der Waals surface area contributed by atoms with Crippen molar-refractivity contribution >= 4 is 0 Å². The predicted molar refractivity (Wildman–Crippen MR) is 119 cm³/mol. The summed E-state index contributed by atoms with van der Waals surface area (Å²) in [5.41, 5.74) is 3.21. The minimum Gasteiger partial charge on any atom is -0.497 e. The van der Waals surface area contributed by atoms with Crippen molar-refractivity contribution in [2.24, 2.45) is 0 Å². The molecule has 0 atom stereocenters. The number of halogens is 3. The van der Waals surface area contributed by atoms with Gasteiger partial charge >= 0.3 is 0 Å². The molecule has 0 fully saturated rings. The lowest BCUT2D eigenvalue weighted by Gasteiger charge is -2.11. The van der Waals surface area contributed by atoms with Gasteiger partial charge in [-0.05, 0) is 47.5 Å². The third kappa shape index (κ3) is 4.05. The number of imidazole rings is 1. The lowest BCUT2D eigenvalue weighted by atomic mass is 10.0. The largest absolute Gasteiger partial charge is 0.497 e. The quantitative estimate of drug-likeness (QED) is 0.324. The second kappa shape index (κ2) is 8.43. The summed E-state index contributed by atoms with van der Waals surface area (Å²) < 4.78 is 49.4. The molecule has 0 aliphatic carbocycles. The van der Waals surface area contributed by atoms with Crippen LogP contribution in [0.25, 0.3) is 33.9 Å². The lowest BCUT2D eigenvalue weighted by Crippen LogP contribution is -2.03. The van der Waals surface area contributed by atoms with Gasteiger partial charge in [-0.15, -0.1) is 0 Å². The van der Waals surface area contributed by atoms with Gasteiger partial charge in [-0.25, -0.2) is 23.1 Å². The summed E-state index contributed by atoms with van der Waals surface area (Å²) in [7, 11) is 1.60. The summed E-state index contributed by atoms with van der Waals surface area (Å²) in [6.45, 7) is 0.279. The number of aromatic nitrogens is 3. The molecule has 0 spiro atoms. The van der Waals surface area contributed by atoms with Gasteiger partial charge in [0.1, 0.15) is 17.3 Å². The van der Waals surface area contributed by atoms with Crippen molar-refractivity contribution in [3.63, 3.8) is 0 Å². The Balaban J connectivity index is 1.41. The third-order valence-corrected chi connectivity index (χ3v) is 5.45. The Labute approximate surface area is 188 Å². The number of hydrogen-bond acceptors (Lipinski definition) is 3. The second-order valence-electron chi connectivity index (χ2n) is 7.57. The van der Waals surface area contributed by atoms with Crippen molar-refractivity contribution in [3.8, 4) is 39.7 Å². The van der Waals surface area contributed by atoms with Crippen molar-refractivity contribution in [3.05, 3.63) is 102 Å². The summed E-state index contributed by atoms with van der Waals surface area (Å²) in [5, 5.41) is 0. The molecule has 4 nitrogen and oxygen atoms in total. The third-order valence-electron chi connectivity index (χ3n) is 5.45. The van der Waals surface area contributed by atoms with Crippen LogP contribution >= 0.6 is 0 Å². The molecule has 2 aliphatic heterocycles. The van der Waals surface area contributed by atoms with E-state index in [0.29, 0.717) is 17.0 Å². The lowest BCUT2D eigenvalue weighted by molar-refractivity contribution is 0.415. The SMILES string of the molecule is COc1ccc(-c2ccc(Cn3ccc4nc(-c5cccc(F)c5F)nc-4c3)c(F)c2)cc1. The molecule has 0 bridgehead atoms. The topological polar surface area (TPSA) is 39.9 Å². The van der Waals surface area contributed by atoms with Crippen LogP contribution in [0.15, 0.2) is 79.1 Å². The van der Waals surface area contributed by atoms with Gasteiger partial charge < -0.3 is 9.30 Å². The Bertz CT molecular complexity index is 1410. The van der Waals surface area contributed by atoms with E-state index in [1.807, 2.05) is 30.3 Å². The molecule has 0 unspecified atom stereocenters. The van der Waals surface area contributed by atoms with E-state index >= 15 is 0 Å². The van der Waals surface area contributed by atoms with E-state index in [0.717, 1.165) is 22.9 Å². The maximum absolute atomic E-state index is 14.8. The molecule has 5 rings (SSSR count). The Kier molecular flexibility index (Phi) is 5.30. The first-order valence-corrected chi connectivity index (χ1v) is 10.2. The molecule has 0 amide bonds. The molecule has 0 saturated heterocycles. The zero-order valence-electron chi connectivity index (χ0n) is 17.6. The first-order valence-electron chi connectivity index (χ1n) is 10.2. The highest BCUT2D eigenvalue weighted by atomic mass is 19.2. The Hall–Kier alpha value is -4.13. The molecule has 7 heteroatoms. The molecule has 0 radical (unpaired) electrons. The number of hydrogen-bond donors (Lipinski definition) is 0. The maximum atomic E-state index is 14.8. The zero-order valence-corrected chi connectivity index (χ0v) is 17.6. The average Bonchev–Trinajstić information content (AvgIpc) is 3.25. The Morgan fingerprint density at radius 2 is 1.58 bits per heavy atom. The zero-order chi connectivity index (χ0) is 22.9. The highest BCUT2D eigenvalue weighted by Gasteiger charge is 2.17. The molecule has 0 saturated carbocycles. The minimum absolute atomic E-state index is 0.00193. The normalized spacial score (nSPS) is 11.2. The number of ether oxygens (including phenoxy) is 1. The Morgan fingerprint density at radius 1 is 0.818 bits per heavy atom. The van der Waals surface area contributed by atoms with Crippen LogP contribution in [-0.2, 0) is 6.54 Å². The molecular formula is C26H18F3N3O. The first-order chi connectivity index (χ1) is 16.0. The van der Waals surface area contributed by atoms with Gasteiger partial charge in [0.05, 0.1) is 18.4 Å². The molecule has 2 aliphatic rings. The van der Waals surface area contributed by atoms with Gasteiger partial charge in [0.15, 0.2) is 17.5 Å². The molecule has 3 aromatic rings. The van der Waals surface area contributed by atoms with Crippen LogP contribution in [0.3, 0.4) is 0 Å². The summed E-state index contributed by atoms with van der Waals surface area (Å²) in [5.74, 6) is -1.42. The van der Waals surface area contributed by atoms with E-state index in [2.05, 4.69) is 9.97 Å². The average molecular weight is 445 g/mol. The fourth-order valence-electron chi connectivity index (χ4n) is 3.68. The number of benzene rings is 3. The summed E-state index contributed by atoms with van der Waals surface area (Å²) in [6.07, 6.45) is 3.46. The van der Waals surface area contributed by atoms with Crippen LogP contribution in [-0.4, -0.2) is 21.6 Å². The number of methoxy groups -OCH3 is 1. The molecule has 3 aromatic carbocycles.